The van der Waals surface area contributed by atoms with Crippen molar-refractivity contribution < 1.29 is 0 Å². The number of nitrogens with zero attached hydrogens (tertiary/aromatic N) is 2. The van der Waals surface area contributed by atoms with Gasteiger partial charge in [-0.2, -0.15) is 0 Å². The van der Waals surface area contributed by atoms with E-state index in [0.717, 1.165) is 18.1 Å². The van der Waals surface area contributed by atoms with Gasteiger partial charge in [0.05, 0.1) is 5.52 Å². The molecule has 104 valence electrons. The molecule has 2 aromatic rings. The third kappa shape index (κ3) is 2.56. The van der Waals surface area contributed by atoms with Crippen LogP contribution in [0.4, 0.5) is 0 Å². The van der Waals surface area contributed by atoms with Crippen LogP contribution in [-0.4, -0.2) is 35.1 Å². The van der Waals surface area contributed by atoms with Crippen molar-refractivity contribution in [2.45, 2.75) is 37.9 Å². The number of likely N-dealkylation sites (tertiary alicyclic amines) is 1. The van der Waals surface area contributed by atoms with Crippen LogP contribution in [0.15, 0.2) is 36.5 Å². The first kappa shape index (κ1) is 12.3. The van der Waals surface area contributed by atoms with Crippen molar-refractivity contribution in [1.82, 2.24) is 15.2 Å². The van der Waals surface area contributed by atoms with Gasteiger partial charge in [-0.05, 0) is 30.9 Å². The van der Waals surface area contributed by atoms with Gasteiger partial charge >= 0.3 is 0 Å². The Labute approximate surface area is 120 Å². The molecule has 0 spiro atoms. The standard InChI is InChI=1S/C17H21N3/c1-3-13-5-2-9-18-17(13)14(4-1)11-20-10-8-16(12-20)19-15-6-7-15/h1-5,9,15-16,19H,6-8,10-12H2. The molecule has 1 aliphatic carbocycles. The van der Waals surface area contributed by atoms with Crippen LogP contribution in [0, 0.1) is 0 Å². The predicted molar refractivity (Wildman–Crippen MR) is 81.6 cm³/mol. The van der Waals surface area contributed by atoms with E-state index < -0.39 is 0 Å². The van der Waals surface area contributed by atoms with Crippen LogP contribution in [0.25, 0.3) is 10.9 Å². The third-order valence-electron chi connectivity index (χ3n) is 4.43. The van der Waals surface area contributed by atoms with E-state index in [1.165, 1.54) is 43.3 Å². The van der Waals surface area contributed by atoms with Gasteiger partial charge in [0.2, 0.25) is 0 Å². The van der Waals surface area contributed by atoms with Crippen LogP contribution in [-0.2, 0) is 6.54 Å². The summed E-state index contributed by atoms with van der Waals surface area (Å²) in [5.41, 5.74) is 2.52. The van der Waals surface area contributed by atoms with Crippen LogP contribution >= 0.6 is 0 Å². The molecule has 4 rings (SSSR count). The molecular formula is C17H21N3. The third-order valence-corrected chi connectivity index (χ3v) is 4.43. The van der Waals surface area contributed by atoms with E-state index in [2.05, 4.69) is 39.5 Å². The summed E-state index contributed by atoms with van der Waals surface area (Å²) in [6, 6.07) is 12.2. The minimum atomic E-state index is 0.699. The summed E-state index contributed by atoms with van der Waals surface area (Å²) in [6.07, 6.45) is 5.94. The number of aromatic nitrogens is 1. The molecule has 0 radical (unpaired) electrons. The van der Waals surface area contributed by atoms with Crippen LogP contribution in [0.3, 0.4) is 0 Å². The molecule has 1 N–H and O–H groups in total. The molecule has 2 fully saturated rings. The smallest absolute Gasteiger partial charge is 0.0746 e. The first-order chi connectivity index (χ1) is 9.88. The molecule has 1 aliphatic heterocycles. The summed E-state index contributed by atoms with van der Waals surface area (Å²) in [6.45, 7) is 3.41. The highest BCUT2D eigenvalue weighted by Gasteiger charge is 2.29. The average molecular weight is 267 g/mol. The average Bonchev–Trinajstić information content (AvgIpc) is 3.18. The summed E-state index contributed by atoms with van der Waals surface area (Å²) in [5.74, 6) is 0. The molecular weight excluding hydrogens is 246 g/mol. The quantitative estimate of drug-likeness (QED) is 0.923. The van der Waals surface area contributed by atoms with Crippen molar-refractivity contribution in [3.05, 3.63) is 42.1 Å². The minimum absolute atomic E-state index is 0.699. The maximum Gasteiger partial charge on any atom is 0.0746 e. The number of hydrogen-bond acceptors (Lipinski definition) is 3. The highest BCUT2D eigenvalue weighted by Crippen LogP contribution is 2.23. The first-order valence-electron chi connectivity index (χ1n) is 7.69. The lowest BCUT2D eigenvalue weighted by Crippen LogP contribution is -2.33. The lowest BCUT2D eigenvalue weighted by atomic mass is 10.1. The lowest BCUT2D eigenvalue weighted by Gasteiger charge is -2.17. The normalized spacial score (nSPS) is 23.5. The SMILES string of the molecule is c1cnc2c(CN3CCC(NC4CC4)C3)cccc2c1. The van der Waals surface area contributed by atoms with Crippen LogP contribution < -0.4 is 5.32 Å². The van der Waals surface area contributed by atoms with Gasteiger partial charge in [-0.25, -0.2) is 0 Å². The first-order valence-corrected chi connectivity index (χ1v) is 7.69. The van der Waals surface area contributed by atoms with E-state index in [-0.39, 0.29) is 0 Å². The second-order valence-electron chi connectivity index (χ2n) is 6.15. The van der Waals surface area contributed by atoms with Gasteiger partial charge in [-0.1, -0.05) is 24.3 Å². The van der Waals surface area contributed by atoms with Gasteiger partial charge < -0.3 is 5.32 Å². The number of pyridine rings is 1. The number of benzene rings is 1. The topological polar surface area (TPSA) is 28.2 Å². The van der Waals surface area contributed by atoms with E-state index in [1.54, 1.807) is 0 Å². The van der Waals surface area contributed by atoms with Crippen LogP contribution in [0.1, 0.15) is 24.8 Å². The Morgan fingerprint density at radius 1 is 1.10 bits per heavy atom. The highest BCUT2D eigenvalue weighted by atomic mass is 15.2. The molecule has 2 heterocycles. The second kappa shape index (κ2) is 5.15. The fraction of sp³-hybridized carbons (Fsp3) is 0.471. The van der Waals surface area contributed by atoms with E-state index >= 15 is 0 Å². The number of para-hydroxylation sites is 1. The van der Waals surface area contributed by atoms with Crippen molar-refractivity contribution >= 4 is 10.9 Å². The van der Waals surface area contributed by atoms with Crippen molar-refractivity contribution in [3.8, 4) is 0 Å². The molecule has 3 nitrogen and oxygen atoms in total. The number of rotatable bonds is 4. The fourth-order valence-corrected chi connectivity index (χ4v) is 3.23. The van der Waals surface area contributed by atoms with Gasteiger partial charge in [-0.15, -0.1) is 0 Å². The number of hydrogen-bond donors (Lipinski definition) is 1. The summed E-state index contributed by atoms with van der Waals surface area (Å²) in [7, 11) is 0. The molecule has 20 heavy (non-hydrogen) atoms. The Morgan fingerprint density at radius 3 is 2.90 bits per heavy atom. The molecule has 3 heteroatoms. The van der Waals surface area contributed by atoms with Gasteiger partial charge in [0.1, 0.15) is 0 Å². The van der Waals surface area contributed by atoms with Crippen molar-refractivity contribution in [1.29, 1.82) is 0 Å². The van der Waals surface area contributed by atoms with E-state index in [0.29, 0.717) is 6.04 Å². The number of nitrogens with one attached hydrogen (secondary N) is 1. The van der Waals surface area contributed by atoms with Gasteiger partial charge in [-0.3, -0.25) is 9.88 Å². The molecule has 1 aromatic heterocycles. The lowest BCUT2D eigenvalue weighted by molar-refractivity contribution is 0.321. The Balaban J connectivity index is 1.47. The molecule has 0 bridgehead atoms. The summed E-state index contributed by atoms with van der Waals surface area (Å²) in [5, 5.41) is 5.00. The second-order valence-corrected chi connectivity index (χ2v) is 6.15. The van der Waals surface area contributed by atoms with Crippen LogP contribution in [0.5, 0.6) is 0 Å². The Hall–Kier alpha value is -1.45. The fourth-order valence-electron chi connectivity index (χ4n) is 3.23. The minimum Gasteiger partial charge on any atom is -0.310 e. The zero-order valence-corrected chi connectivity index (χ0v) is 11.8. The van der Waals surface area contributed by atoms with E-state index in [9.17, 15) is 0 Å². The van der Waals surface area contributed by atoms with Gasteiger partial charge in [0.25, 0.3) is 0 Å². The summed E-state index contributed by atoms with van der Waals surface area (Å²) >= 11 is 0. The van der Waals surface area contributed by atoms with E-state index in [4.69, 9.17) is 0 Å². The van der Waals surface area contributed by atoms with Crippen molar-refractivity contribution in [2.24, 2.45) is 0 Å². The molecule has 0 amide bonds. The van der Waals surface area contributed by atoms with Gasteiger partial charge in [0, 0.05) is 43.3 Å². The predicted octanol–water partition coefficient (Wildman–Crippen LogP) is 2.56. The maximum absolute atomic E-state index is 4.56. The van der Waals surface area contributed by atoms with Crippen molar-refractivity contribution in [3.63, 3.8) is 0 Å². The maximum atomic E-state index is 4.56. The molecule has 1 atom stereocenters. The zero-order valence-electron chi connectivity index (χ0n) is 11.8. The summed E-state index contributed by atoms with van der Waals surface area (Å²) in [4.78, 5) is 7.12. The Bertz CT molecular complexity index is 601. The zero-order chi connectivity index (χ0) is 13.4. The molecule has 2 aliphatic rings. The monoisotopic (exact) mass is 267 g/mol. The highest BCUT2D eigenvalue weighted by molar-refractivity contribution is 5.81. The molecule has 1 unspecified atom stereocenters. The number of fused-ring (bicyclic) bond motifs is 1. The van der Waals surface area contributed by atoms with Gasteiger partial charge in [0.15, 0.2) is 0 Å². The largest absolute Gasteiger partial charge is 0.310 e. The Morgan fingerprint density at radius 2 is 2.00 bits per heavy atom. The Kier molecular flexibility index (Phi) is 3.17. The van der Waals surface area contributed by atoms with Crippen LogP contribution in [0.2, 0.25) is 0 Å². The van der Waals surface area contributed by atoms with E-state index in [1.807, 2.05) is 12.3 Å². The molecule has 1 aromatic carbocycles. The summed E-state index contributed by atoms with van der Waals surface area (Å²) < 4.78 is 0. The van der Waals surface area contributed by atoms with Crippen molar-refractivity contribution in [2.75, 3.05) is 13.1 Å². The molecule has 1 saturated carbocycles. The molecule has 1 saturated heterocycles.